The lowest BCUT2D eigenvalue weighted by atomic mass is 9.96. The van der Waals surface area contributed by atoms with Crippen LogP contribution in [0.3, 0.4) is 0 Å². The summed E-state index contributed by atoms with van der Waals surface area (Å²) in [6.45, 7) is 4.10. The molecule has 0 spiro atoms. The molecular weight excluding hydrogens is 308 g/mol. The van der Waals surface area contributed by atoms with E-state index in [2.05, 4.69) is 12.2 Å². The number of carbonyl (C=O) groups excluding carboxylic acids is 2. The Labute approximate surface area is 143 Å². The topological polar surface area (TPSA) is 49.4 Å². The van der Waals surface area contributed by atoms with Crippen LogP contribution in [0.25, 0.3) is 0 Å². The second-order valence-corrected chi connectivity index (χ2v) is 7.02. The first-order valence-electron chi connectivity index (χ1n) is 8.38. The van der Waals surface area contributed by atoms with Crippen LogP contribution < -0.4 is 5.32 Å². The number of thioether (sulfide) groups is 1. The van der Waals surface area contributed by atoms with Crippen LogP contribution in [0.4, 0.5) is 0 Å². The number of amides is 2. The molecule has 1 saturated heterocycles. The lowest BCUT2D eigenvalue weighted by molar-refractivity contribution is -0.133. The molecule has 1 aliphatic heterocycles. The Kier molecular flexibility index (Phi) is 7.46. The maximum absolute atomic E-state index is 12.2. The number of nitrogens with zero attached hydrogens (tertiary/aromatic N) is 1. The third-order valence-corrected chi connectivity index (χ3v) is 5.25. The predicted molar refractivity (Wildman–Crippen MR) is 95.2 cm³/mol. The summed E-state index contributed by atoms with van der Waals surface area (Å²) >= 11 is 1.70. The number of piperidine rings is 1. The molecular formula is C18H26N2O2S. The molecule has 2 rings (SSSR count). The van der Waals surface area contributed by atoms with Gasteiger partial charge in [0.05, 0.1) is 5.75 Å². The summed E-state index contributed by atoms with van der Waals surface area (Å²) in [5, 5.41) is 3.01. The van der Waals surface area contributed by atoms with E-state index in [0.717, 1.165) is 30.6 Å². The number of nitrogens with one attached hydrogen (secondary N) is 1. The van der Waals surface area contributed by atoms with Crippen molar-refractivity contribution < 1.29 is 9.59 Å². The van der Waals surface area contributed by atoms with Crippen molar-refractivity contribution in [2.45, 2.75) is 32.7 Å². The van der Waals surface area contributed by atoms with Gasteiger partial charge in [-0.2, -0.15) is 11.8 Å². The van der Waals surface area contributed by atoms with Gasteiger partial charge in [-0.25, -0.2) is 0 Å². The summed E-state index contributed by atoms with van der Waals surface area (Å²) in [6, 6.07) is 9.94. The van der Waals surface area contributed by atoms with E-state index < -0.39 is 0 Å². The molecule has 1 N–H and O–H groups in total. The molecule has 0 aromatic heterocycles. The third-order valence-electron chi connectivity index (χ3n) is 4.10. The zero-order valence-electron chi connectivity index (χ0n) is 13.8. The first-order valence-corrected chi connectivity index (χ1v) is 9.53. The highest BCUT2D eigenvalue weighted by Gasteiger charge is 2.26. The summed E-state index contributed by atoms with van der Waals surface area (Å²) in [7, 11) is 0. The van der Waals surface area contributed by atoms with Gasteiger partial charge in [-0.1, -0.05) is 37.3 Å². The molecule has 1 aliphatic rings. The summed E-state index contributed by atoms with van der Waals surface area (Å²) in [5.41, 5.74) is 1.11. The fourth-order valence-electron chi connectivity index (χ4n) is 2.72. The normalized spacial score (nSPS) is 15.4. The molecule has 126 valence electrons. The first kappa shape index (κ1) is 17.9. The maximum atomic E-state index is 12.2. The quantitative estimate of drug-likeness (QED) is 0.780. The van der Waals surface area contributed by atoms with E-state index in [1.807, 2.05) is 35.2 Å². The number of hydrogen-bond acceptors (Lipinski definition) is 3. The Bertz CT molecular complexity index is 499. The fourth-order valence-corrected chi connectivity index (χ4v) is 3.51. The summed E-state index contributed by atoms with van der Waals surface area (Å²) in [5.74, 6) is 1.96. The van der Waals surface area contributed by atoms with Crippen molar-refractivity contribution in [1.82, 2.24) is 10.2 Å². The van der Waals surface area contributed by atoms with E-state index in [9.17, 15) is 9.59 Å². The zero-order valence-corrected chi connectivity index (χ0v) is 14.6. The molecule has 0 radical (unpaired) electrons. The molecule has 23 heavy (non-hydrogen) atoms. The minimum absolute atomic E-state index is 0.0334. The van der Waals surface area contributed by atoms with Crippen molar-refractivity contribution in [2.75, 3.05) is 24.6 Å². The van der Waals surface area contributed by atoms with Gasteiger partial charge < -0.3 is 10.2 Å². The molecule has 2 amide bonds. The Morgan fingerprint density at radius 2 is 1.91 bits per heavy atom. The lowest BCUT2D eigenvalue weighted by Crippen LogP contribution is -2.43. The van der Waals surface area contributed by atoms with Gasteiger partial charge in [0, 0.05) is 25.6 Å². The van der Waals surface area contributed by atoms with Crippen molar-refractivity contribution >= 4 is 23.6 Å². The minimum atomic E-state index is 0.0334. The van der Waals surface area contributed by atoms with Crippen molar-refractivity contribution in [3.63, 3.8) is 0 Å². The Balaban J connectivity index is 1.69. The van der Waals surface area contributed by atoms with E-state index in [-0.39, 0.29) is 17.7 Å². The molecule has 1 aromatic rings. The van der Waals surface area contributed by atoms with E-state index in [1.165, 1.54) is 0 Å². The number of hydrogen-bond donors (Lipinski definition) is 1. The van der Waals surface area contributed by atoms with Crippen LogP contribution in [-0.4, -0.2) is 41.3 Å². The second-order valence-electron chi connectivity index (χ2n) is 5.91. The number of rotatable bonds is 7. The summed E-state index contributed by atoms with van der Waals surface area (Å²) in [6.07, 6.45) is 2.64. The van der Waals surface area contributed by atoms with Crippen LogP contribution in [0.5, 0.6) is 0 Å². The standard InChI is InChI=1S/C18H26N2O2S/c1-2-12-23-14-17(21)20-10-8-16(9-11-20)18(22)19-13-15-6-4-3-5-7-15/h3-7,16H,2,8-14H2,1H3,(H,19,22). The molecule has 4 nitrogen and oxygen atoms in total. The maximum Gasteiger partial charge on any atom is 0.232 e. The third kappa shape index (κ3) is 5.90. The van der Waals surface area contributed by atoms with Gasteiger partial charge >= 0.3 is 0 Å². The van der Waals surface area contributed by atoms with Crippen LogP contribution in [0, 0.1) is 5.92 Å². The van der Waals surface area contributed by atoms with Gasteiger partial charge in [0.25, 0.3) is 0 Å². The molecule has 0 atom stereocenters. The van der Waals surface area contributed by atoms with Crippen LogP contribution in [0.1, 0.15) is 31.7 Å². The van der Waals surface area contributed by atoms with Crippen LogP contribution in [-0.2, 0) is 16.1 Å². The van der Waals surface area contributed by atoms with Crippen LogP contribution >= 0.6 is 11.8 Å². The van der Waals surface area contributed by atoms with E-state index in [0.29, 0.717) is 25.4 Å². The monoisotopic (exact) mass is 334 g/mol. The summed E-state index contributed by atoms with van der Waals surface area (Å²) < 4.78 is 0. The van der Waals surface area contributed by atoms with E-state index in [1.54, 1.807) is 11.8 Å². The highest BCUT2D eigenvalue weighted by molar-refractivity contribution is 7.99. The number of carbonyl (C=O) groups is 2. The minimum Gasteiger partial charge on any atom is -0.352 e. The van der Waals surface area contributed by atoms with Gasteiger partial charge in [0.1, 0.15) is 0 Å². The molecule has 0 bridgehead atoms. The Morgan fingerprint density at radius 3 is 2.57 bits per heavy atom. The van der Waals surface area contributed by atoms with Gasteiger partial charge in [-0.15, -0.1) is 0 Å². The molecule has 1 heterocycles. The van der Waals surface area contributed by atoms with Gasteiger partial charge in [-0.05, 0) is 30.6 Å². The highest BCUT2D eigenvalue weighted by Crippen LogP contribution is 2.18. The average molecular weight is 334 g/mol. The lowest BCUT2D eigenvalue weighted by Gasteiger charge is -2.31. The highest BCUT2D eigenvalue weighted by atomic mass is 32.2. The van der Waals surface area contributed by atoms with Gasteiger partial charge in [0.15, 0.2) is 0 Å². The molecule has 0 unspecified atom stereocenters. The van der Waals surface area contributed by atoms with Gasteiger partial charge in [0.2, 0.25) is 11.8 Å². The van der Waals surface area contributed by atoms with Gasteiger partial charge in [-0.3, -0.25) is 9.59 Å². The largest absolute Gasteiger partial charge is 0.352 e. The molecule has 1 fully saturated rings. The van der Waals surface area contributed by atoms with Crippen LogP contribution in [0.15, 0.2) is 30.3 Å². The van der Waals surface area contributed by atoms with E-state index in [4.69, 9.17) is 0 Å². The van der Waals surface area contributed by atoms with Crippen molar-refractivity contribution in [3.05, 3.63) is 35.9 Å². The van der Waals surface area contributed by atoms with Crippen molar-refractivity contribution in [2.24, 2.45) is 5.92 Å². The average Bonchev–Trinajstić information content (AvgIpc) is 2.61. The zero-order chi connectivity index (χ0) is 16.5. The first-order chi connectivity index (χ1) is 11.2. The predicted octanol–water partition coefficient (Wildman–Crippen LogP) is 2.68. The molecule has 5 heteroatoms. The number of likely N-dealkylation sites (tertiary alicyclic amines) is 1. The SMILES string of the molecule is CCCSCC(=O)N1CCC(C(=O)NCc2ccccc2)CC1. The molecule has 1 aromatic carbocycles. The number of benzene rings is 1. The van der Waals surface area contributed by atoms with Crippen LogP contribution in [0.2, 0.25) is 0 Å². The Hall–Kier alpha value is -1.49. The van der Waals surface area contributed by atoms with E-state index >= 15 is 0 Å². The fraction of sp³-hybridized carbons (Fsp3) is 0.556. The molecule has 0 aliphatic carbocycles. The van der Waals surface area contributed by atoms with Crippen molar-refractivity contribution in [1.29, 1.82) is 0 Å². The smallest absolute Gasteiger partial charge is 0.232 e. The summed E-state index contributed by atoms with van der Waals surface area (Å²) in [4.78, 5) is 26.2. The van der Waals surface area contributed by atoms with Crippen molar-refractivity contribution in [3.8, 4) is 0 Å². The second kappa shape index (κ2) is 9.60. The molecule has 0 saturated carbocycles. The Morgan fingerprint density at radius 1 is 1.22 bits per heavy atom.